The number of benzene rings is 1. The van der Waals surface area contributed by atoms with Crippen LogP contribution in [0.4, 0.5) is 5.69 Å². The fourth-order valence-electron chi connectivity index (χ4n) is 2.58. The van der Waals surface area contributed by atoms with Gasteiger partial charge < -0.3 is 10.0 Å². The van der Waals surface area contributed by atoms with Crippen LogP contribution in [0.1, 0.15) is 5.69 Å². The average Bonchev–Trinajstić information content (AvgIpc) is 2.86. The molecular weight excluding hydrogens is 254 g/mol. The molecule has 1 aromatic carbocycles. The van der Waals surface area contributed by atoms with E-state index in [9.17, 15) is 5.11 Å². The second-order valence-corrected chi connectivity index (χ2v) is 5.14. The zero-order valence-corrected chi connectivity index (χ0v) is 11.6. The standard InChI is InChI=1S/C14H19N5O/c1-17-10-12(15-16-17)11-18-6-8-19(9-7-18)13-4-2-3-5-14(13)20/h2-5,10,20H,6-9,11H2,1H3. The molecule has 0 radical (unpaired) electrons. The van der Waals surface area contributed by atoms with Crippen molar-refractivity contribution in [3.05, 3.63) is 36.2 Å². The van der Waals surface area contributed by atoms with E-state index in [0.717, 1.165) is 44.1 Å². The Morgan fingerprint density at radius 1 is 1.15 bits per heavy atom. The Bertz CT molecular complexity index is 574. The lowest BCUT2D eigenvalue weighted by Gasteiger charge is -2.35. The van der Waals surface area contributed by atoms with Gasteiger partial charge in [-0.2, -0.15) is 0 Å². The van der Waals surface area contributed by atoms with Crippen LogP contribution in [0.5, 0.6) is 5.75 Å². The van der Waals surface area contributed by atoms with Crippen LogP contribution in [0, 0.1) is 0 Å². The third-order valence-corrected chi connectivity index (χ3v) is 3.63. The van der Waals surface area contributed by atoms with Crippen LogP contribution >= 0.6 is 0 Å². The topological polar surface area (TPSA) is 57.4 Å². The number of phenolic OH excluding ortho intramolecular Hbond substituents is 1. The zero-order valence-electron chi connectivity index (χ0n) is 11.6. The molecule has 0 amide bonds. The van der Waals surface area contributed by atoms with Gasteiger partial charge in [0.05, 0.1) is 11.4 Å². The maximum Gasteiger partial charge on any atom is 0.138 e. The molecule has 0 spiro atoms. The van der Waals surface area contributed by atoms with Gasteiger partial charge in [-0.05, 0) is 12.1 Å². The van der Waals surface area contributed by atoms with Crippen LogP contribution in [0.3, 0.4) is 0 Å². The number of aryl methyl sites for hydroxylation is 1. The highest BCUT2D eigenvalue weighted by Gasteiger charge is 2.19. The molecule has 2 aromatic rings. The van der Waals surface area contributed by atoms with Crippen molar-refractivity contribution in [2.45, 2.75) is 6.54 Å². The van der Waals surface area contributed by atoms with Crippen LogP contribution in [0.15, 0.2) is 30.5 Å². The Labute approximate surface area is 118 Å². The number of anilines is 1. The Balaban J connectivity index is 1.58. The van der Waals surface area contributed by atoms with Crippen molar-refractivity contribution in [1.82, 2.24) is 19.9 Å². The molecule has 0 aliphatic carbocycles. The van der Waals surface area contributed by atoms with Crippen molar-refractivity contribution < 1.29 is 5.11 Å². The molecule has 1 aliphatic heterocycles. The van der Waals surface area contributed by atoms with Crippen molar-refractivity contribution in [3.8, 4) is 5.75 Å². The van der Waals surface area contributed by atoms with Gasteiger partial charge in [0.15, 0.2) is 0 Å². The summed E-state index contributed by atoms with van der Waals surface area (Å²) in [6, 6.07) is 7.51. The van der Waals surface area contributed by atoms with E-state index in [0.29, 0.717) is 5.75 Å². The summed E-state index contributed by atoms with van der Waals surface area (Å²) in [6.45, 7) is 4.59. The van der Waals surface area contributed by atoms with E-state index in [1.165, 1.54) is 0 Å². The molecule has 20 heavy (non-hydrogen) atoms. The summed E-state index contributed by atoms with van der Waals surface area (Å²) in [7, 11) is 1.88. The smallest absolute Gasteiger partial charge is 0.138 e. The lowest BCUT2D eigenvalue weighted by atomic mass is 10.2. The lowest BCUT2D eigenvalue weighted by molar-refractivity contribution is 0.246. The van der Waals surface area contributed by atoms with Crippen molar-refractivity contribution in [3.63, 3.8) is 0 Å². The van der Waals surface area contributed by atoms with E-state index in [1.54, 1.807) is 10.7 Å². The van der Waals surface area contributed by atoms with Gasteiger partial charge in [0.1, 0.15) is 5.75 Å². The normalized spacial score (nSPS) is 16.6. The number of piperazine rings is 1. The predicted molar refractivity (Wildman–Crippen MR) is 76.6 cm³/mol. The quantitative estimate of drug-likeness (QED) is 0.898. The summed E-state index contributed by atoms with van der Waals surface area (Å²) in [5.41, 5.74) is 1.93. The average molecular weight is 273 g/mol. The third-order valence-electron chi connectivity index (χ3n) is 3.63. The summed E-state index contributed by atoms with van der Waals surface area (Å²) in [5, 5.41) is 18.0. The number of phenols is 1. The molecule has 1 fully saturated rings. The lowest BCUT2D eigenvalue weighted by Crippen LogP contribution is -2.46. The van der Waals surface area contributed by atoms with Crippen LogP contribution in [-0.4, -0.2) is 51.2 Å². The minimum atomic E-state index is 0.356. The number of nitrogens with zero attached hydrogens (tertiary/aromatic N) is 5. The monoisotopic (exact) mass is 273 g/mol. The summed E-state index contributed by atoms with van der Waals surface area (Å²) in [6.07, 6.45) is 1.95. The summed E-state index contributed by atoms with van der Waals surface area (Å²) >= 11 is 0. The molecule has 1 aliphatic rings. The number of hydrogen-bond acceptors (Lipinski definition) is 5. The Morgan fingerprint density at radius 2 is 1.90 bits per heavy atom. The Morgan fingerprint density at radius 3 is 2.55 bits per heavy atom. The van der Waals surface area contributed by atoms with Gasteiger partial charge in [-0.3, -0.25) is 9.58 Å². The van der Waals surface area contributed by atoms with E-state index in [-0.39, 0.29) is 0 Å². The molecule has 6 heteroatoms. The number of para-hydroxylation sites is 2. The summed E-state index contributed by atoms with van der Waals surface area (Å²) < 4.78 is 1.73. The van der Waals surface area contributed by atoms with E-state index >= 15 is 0 Å². The van der Waals surface area contributed by atoms with Gasteiger partial charge in [-0.15, -0.1) is 5.10 Å². The Hall–Kier alpha value is -2.08. The molecule has 1 aromatic heterocycles. The zero-order chi connectivity index (χ0) is 13.9. The first-order valence-corrected chi connectivity index (χ1v) is 6.83. The van der Waals surface area contributed by atoms with E-state index in [4.69, 9.17) is 0 Å². The molecule has 6 nitrogen and oxygen atoms in total. The highest BCUT2D eigenvalue weighted by atomic mass is 16.3. The molecule has 2 heterocycles. The second kappa shape index (κ2) is 5.50. The minimum Gasteiger partial charge on any atom is -0.506 e. The highest BCUT2D eigenvalue weighted by molar-refractivity contribution is 5.57. The number of aromatic hydroxyl groups is 1. The van der Waals surface area contributed by atoms with Gasteiger partial charge in [0.2, 0.25) is 0 Å². The van der Waals surface area contributed by atoms with Gasteiger partial charge >= 0.3 is 0 Å². The summed E-state index contributed by atoms with van der Waals surface area (Å²) in [4.78, 5) is 4.59. The molecule has 0 unspecified atom stereocenters. The van der Waals surface area contributed by atoms with Crippen molar-refractivity contribution in [2.24, 2.45) is 7.05 Å². The molecule has 0 bridgehead atoms. The largest absolute Gasteiger partial charge is 0.506 e. The fourth-order valence-corrected chi connectivity index (χ4v) is 2.58. The first-order chi connectivity index (χ1) is 9.72. The minimum absolute atomic E-state index is 0.356. The maximum absolute atomic E-state index is 9.89. The van der Waals surface area contributed by atoms with Gasteiger partial charge in [0, 0.05) is 46.0 Å². The molecule has 1 N–H and O–H groups in total. The number of hydrogen-bond donors (Lipinski definition) is 1. The SMILES string of the molecule is Cn1cc(CN2CCN(c3ccccc3O)CC2)nn1. The molecular formula is C14H19N5O. The predicted octanol–water partition coefficient (Wildman–Crippen LogP) is 0.843. The van der Waals surface area contributed by atoms with Gasteiger partial charge in [-0.25, -0.2) is 0 Å². The molecule has 1 saturated heterocycles. The van der Waals surface area contributed by atoms with Crippen LogP contribution in [0.25, 0.3) is 0 Å². The molecule has 3 rings (SSSR count). The van der Waals surface area contributed by atoms with Crippen molar-refractivity contribution in [1.29, 1.82) is 0 Å². The Kier molecular flexibility index (Phi) is 3.56. The summed E-state index contributed by atoms with van der Waals surface area (Å²) in [5.74, 6) is 0.356. The van der Waals surface area contributed by atoms with Crippen molar-refractivity contribution >= 4 is 5.69 Å². The maximum atomic E-state index is 9.89. The molecule has 0 saturated carbocycles. The first kappa shape index (κ1) is 12.9. The van der Waals surface area contributed by atoms with Crippen LogP contribution < -0.4 is 4.90 Å². The fraction of sp³-hybridized carbons (Fsp3) is 0.429. The number of rotatable bonds is 3. The van der Waals surface area contributed by atoms with Gasteiger partial charge in [-0.1, -0.05) is 17.3 Å². The van der Waals surface area contributed by atoms with Crippen LogP contribution in [0.2, 0.25) is 0 Å². The van der Waals surface area contributed by atoms with E-state index in [2.05, 4.69) is 20.1 Å². The van der Waals surface area contributed by atoms with E-state index in [1.807, 2.05) is 31.4 Å². The van der Waals surface area contributed by atoms with E-state index < -0.39 is 0 Å². The first-order valence-electron chi connectivity index (χ1n) is 6.83. The molecule has 106 valence electrons. The van der Waals surface area contributed by atoms with Crippen LogP contribution in [-0.2, 0) is 13.6 Å². The van der Waals surface area contributed by atoms with Gasteiger partial charge in [0.25, 0.3) is 0 Å². The third kappa shape index (κ3) is 2.75. The highest BCUT2D eigenvalue weighted by Crippen LogP contribution is 2.27. The second-order valence-electron chi connectivity index (χ2n) is 5.14. The molecule has 0 atom stereocenters. The van der Waals surface area contributed by atoms with Crippen molar-refractivity contribution in [2.75, 3.05) is 31.1 Å². The number of aromatic nitrogens is 3.